The van der Waals surface area contributed by atoms with E-state index in [1.54, 1.807) is 12.1 Å². The number of rotatable bonds is 5. The van der Waals surface area contributed by atoms with E-state index < -0.39 is 6.10 Å². The van der Waals surface area contributed by atoms with Gasteiger partial charge in [-0.15, -0.1) is 0 Å². The van der Waals surface area contributed by atoms with Crippen molar-refractivity contribution in [2.45, 2.75) is 32.3 Å². The Morgan fingerprint density at radius 2 is 1.85 bits per heavy atom. The lowest BCUT2D eigenvalue weighted by molar-refractivity contribution is 0.219. The number of unbranched alkanes of at least 4 members (excludes halogenated alkanes) is 1. The molecule has 3 heteroatoms. The number of aryl methyl sites for hydroxylation is 1. The molecule has 2 rings (SSSR count). The SMILES string of the molecule is CCCCc1ccc(C(O)c2cc(Cl)ccc2Br)cc1. The summed E-state index contributed by atoms with van der Waals surface area (Å²) >= 11 is 9.46. The number of hydrogen-bond donors (Lipinski definition) is 1. The van der Waals surface area contributed by atoms with Gasteiger partial charge in [-0.2, -0.15) is 0 Å². The normalized spacial score (nSPS) is 12.4. The molecule has 0 aliphatic rings. The first-order valence-corrected chi connectivity index (χ1v) is 8.00. The van der Waals surface area contributed by atoms with Crippen molar-refractivity contribution in [2.75, 3.05) is 0 Å². The summed E-state index contributed by atoms with van der Waals surface area (Å²) in [6, 6.07) is 13.6. The molecule has 106 valence electrons. The van der Waals surface area contributed by atoms with Crippen molar-refractivity contribution in [1.29, 1.82) is 0 Å². The molecule has 0 aliphatic heterocycles. The highest BCUT2D eigenvalue weighted by atomic mass is 79.9. The molecule has 20 heavy (non-hydrogen) atoms. The molecule has 0 heterocycles. The fourth-order valence-electron chi connectivity index (χ4n) is 2.15. The highest BCUT2D eigenvalue weighted by Gasteiger charge is 2.14. The summed E-state index contributed by atoms with van der Waals surface area (Å²) < 4.78 is 0.865. The molecule has 2 aromatic rings. The van der Waals surface area contributed by atoms with Gasteiger partial charge >= 0.3 is 0 Å². The molecule has 1 atom stereocenters. The van der Waals surface area contributed by atoms with Crippen molar-refractivity contribution in [3.8, 4) is 0 Å². The number of aliphatic hydroxyl groups excluding tert-OH is 1. The van der Waals surface area contributed by atoms with Gasteiger partial charge in [0.25, 0.3) is 0 Å². The summed E-state index contributed by atoms with van der Waals surface area (Å²) in [6.45, 7) is 2.19. The van der Waals surface area contributed by atoms with Crippen LogP contribution in [-0.2, 0) is 6.42 Å². The summed E-state index contributed by atoms with van der Waals surface area (Å²) in [5.41, 5.74) is 2.99. The van der Waals surface area contributed by atoms with Gasteiger partial charge in [0, 0.05) is 15.1 Å². The Hall–Kier alpha value is -0.830. The van der Waals surface area contributed by atoms with E-state index in [4.69, 9.17) is 11.6 Å². The Balaban J connectivity index is 2.20. The van der Waals surface area contributed by atoms with Crippen molar-refractivity contribution in [1.82, 2.24) is 0 Å². The molecule has 0 fully saturated rings. The van der Waals surface area contributed by atoms with Gasteiger partial charge in [-0.3, -0.25) is 0 Å². The summed E-state index contributed by atoms with van der Waals surface area (Å²) in [5, 5.41) is 11.1. The van der Waals surface area contributed by atoms with Gasteiger partial charge in [-0.05, 0) is 42.2 Å². The minimum absolute atomic E-state index is 0.627. The predicted octanol–water partition coefficient (Wildman–Crippen LogP) is 5.53. The fourth-order valence-corrected chi connectivity index (χ4v) is 2.80. The van der Waals surface area contributed by atoms with Gasteiger partial charge in [0.15, 0.2) is 0 Å². The van der Waals surface area contributed by atoms with Crippen molar-refractivity contribution in [3.05, 3.63) is 68.7 Å². The lowest BCUT2D eigenvalue weighted by atomic mass is 9.99. The summed E-state index contributed by atoms with van der Waals surface area (Å²) in [5.74, 6) is 0. The van der Waals surface area contributed by atoms with Crippen LogP contribution in [0.4, 0.5) is 0 Å². The van der Waals surface area contributed by atoms with E-state index in [0.29, 0.717) is 5.02 Å². The molecule has 1 N–H and O–H groups in total. The molecular weight excluding hydrogens is 336 g/mol. The quantitative estimate of drug-likeness (QED) is 0.749. The molecule has 0 saturated heterocycles. The summed E-state index contributed by atoms with van der Waals surface area (Å²) in [6.07, 6.45) is 2.82. The smallest absolute Gasteiger partial charge is 0.105 e. The van der Waals surface area contributed by atoms with Crippen LogP contribution in [0.25, 0.3) is 0 Å². The molecule has 1 nitrogen and oxygen atoms in total. The van der Waals surface area contributed by atoms with Crippen LogP contribution >= 0.6 is 27.5 Å². The molecule has 0 bridgehead atoms. The number of aliphatic hydroxyl groups is 1. The van der Waals surface area contributed by atoms with E-state index in [9.17, 15) is 5.11 Å². The maximum atomic E-state index is 10.5. The van der Waals surface area contributed by atoms with Crippen molar-refractivity contribution < 1.29 is 5.11 Å². The van der Waals surface area contributed by atoms with E-state index in [0.717, 1.165) is 22.0 Å². The van der Waals surface area contributed by atoms with Crippen molar-refractivity contribution in [2.24, 2.45) is 0 Å². The standard InChI is InChI=1S/C17H18BrClO/c1-2-3-4-12-5-7-13(8-6-12)17(20)15-11-14(19)9-10-16(15)18/h5-11,17,20H,2-4H2,1H3. The first-order valence-electron chi connectivity index (χ1n) is 6.83. The second-order valence-electron chi connectivity index (χ2n) is 4.91. The van der Waals surface area contributed by atoms with Gasteiger partial charge in [0.2, 0.25) is 0 Å². The van der Waals surface area contributed by atoms with Crippen LogP contribution in [0, 0.1) is 0 Å². The molecule has 0 spiro atoms. The Kier molecular flexibility index (Phi) is 5.64. The summed E-state index contributed by atoms with van der Waals surface area (Å²) in [4.78, 5) is 0. The van der Waals surface area contributed by atoms with Gasteiger partial charge in [-0.1, -0.05) is 65.1 Å². The number of halogens is 2. The number of benzene rings is 2. The van der Waals surface area contributed by atoms with Crippen LogP contribution in [0.15, 0.2) is 46.9 Å². The molecule has 2 aromatic carbocycles. The average molecular weight is 354 g/mol. The molecule has 0 aromatic heterocycles. The first kappa shape index (κ1) is 15.6. The van der Waals surface area contributed by atoms with Crippen LogP contribution in [0.5, 0.6) is 0 Å². The summed E-state index contributed by atoms with van der Waals surface area (Å²) in [7, 11) is 0. The van der Waals surface area contributed by atoms with E-state index in [2.05, 4.69) is 35.0 Å². The highest BCUT2D eigenvalue weighted by Crippen LogP contribution is 2.31. The Labute approximate surface area is 133 Å². The van der Waals surface area contributed by atoms with Gasteiger partial charge in [0.1, 0.15) is 6.10 Å². The molecule has 0 aliphatic carbocycles. The van der Waals surface area contributed by atoms with Crippen LogP contribution in [0.1, 0.15) is 42.6 Å². The zero-order chi connectivity index (χ0) is 14.5. The van der Waals surface area contributed by atoms with E-state index in [1.807, 2.05) is 18.2 Å². The Morgan fingerprint density at radius 3 is 2.50 bits per heavy atom. The van der Waals surface area contributed by atoms with Crippen LogP contribution in [0.3, 0.4) is 0 Å². The zero-order valence-corrected chi connectivity index (χ0v) is 13.8. The second-order valence-corrected chi connectivity index (χ2v) is 6.20. The van der Waals surface area contributed by atoms with Crippen LogP contribution < -0.4 is 0 Å². The predicted molar refractivity (Wildman–Crippen MR) is 88.3 cm³/mol. The fraction of sp³-hybridized carbons (Fsp3) is 0.294. The molecule has 0 amide bonds. The van der Waals surface area contributed by atoms with E-state index in [-0.39, 0.29) is 0 Å². The lowest BCUT2D eigenvalue weighted by Crippen LogP contribution is -2.01. The zero-order valence-electron chi connectivity index (χ0n) is 11.4. The molecule has 1 unspecified atom stereocenters. The topological polar surface area (TPSA) is 20.2 Å². The van der Waals surface area contributed by atoms with Gasteiger partial charge < -0.3 is 5.11 Å². The van der Waals surface area contributed by atoms with Crippen LogP contribution in [-0.4, -0.2) is 5.11 Å². The molecule has 0 saturated carbocycles. The van der Waals surface area contributed by atoms with E-state index >= 15 is 0 Å². The van der Waals surface area contributed by atoms with Crippen molar-refractivity contribution in [3.63, 3.8) is 0 Å². The highest BCUT2D eigenvalue weighted by molar-refractivity contribution is 9.10. The average Bonchev–Trinajstić information content (AvgIpc) is 2.47. The maximum Gasteiger partial charge on any atom is 0.105 e. The van der Waals surface area contributed by atoms with Gasteiger partial charge in [-0.25, -0.2) is 0 Å². The largest absolute Gasteiger partial charge is 0.384 e. The lowest BCUT2D eigenvalue weighted by Gasteiger charge is -2.14. The second kappa shape index (κ2) is 7.26. The maximum absolute atomic E-state index is 10.5. The third-order valence-electron chi connectivity index (χ3n) is 3.37. The van der Waals surface area contributed by atoms with Crippen LogP contribution in [0.2, 0.25) is 5.02 Å². The van der Waals surface area contributed by atoms with Gasteiger partial charge in [0.05, 0.1) is 0 Å². The Bertz CT molecular complexity index is 566. The minimum atomic E-state index is -0.664. The minimum Gasteiger partial charge on any atom is -0.384 e. The molecular formula is C17H18BrClO. The van der Waals surface area contributed by atoms with E-state index in [1.165, 1.54) is 18.4 Å². The first-order chi connectivity index (χ1) is 9.61. The van der Waals surface area contributed by atoms with Crippen molar-refractivity contribution >= 4 is 27.5 Å². The third kappa shape index (κ3) is 3.85. The Morgan fingerprint density at radius 1 is 1.15 bits per heavy atom. The third-order valence-corrected chi connectivity index (χ3v) is 4.32. The molecule has 0 radical (unpaired) electrons. The number of hydrogen-bond acceptors (Lipinski definition) is 1. The monoisotopic (exact) mass is 352 g/mol.